The number of carbonyl (C=O) groups excluding carboxylic acids is 2. The second-order valence-electron chi connectivity index (χ2n) is 4.18. The first-order valence-corrected chi connectivity index (χ1v) is 6.39. The highest BCUT2D eigenvalue weighted by molar-refractivity contribution is 5.96. The lowest BCUT2D eigenvalue weighted by molar-refractivity contribution is -0.128. The Morgan fingerprint density at radius 2 is 2.15 bits per heavy atom. The van der Waals surface area contributed by atoms with E-state index in [1.807, 2.05) is 6.92 Å². The Kier molecular flexibility index (Phi) is 6.27. The van der Waals surface area contributed by atoms with E-state index >= 15 is 0 Å². The van der Waals surface area contributed by atoms with E-state index in [9.17, 15) is 9.59 Å². The zero-order valence-corrected chi connectivity index (χ0v) is 11.8. The van der Waals surface area contributed by atoms with Crippen LogP contribution in [0.4, 0.5) is 0 Å². The van der Waals surface area contributed by atoms with Crippen LogP contribution >= 0.6 is 0 Å². The molecular formula is C15H19N3O2. The van der Waals surface area contributed by atoms with Crippen LogP contribution in [0, 0.1) is 11.8 Å². The molecule has 0 radical (unpaired) electrons. The summed E-state index contributed by atoms with van der Waals surface area (Å²) in [5.74, 6) is 5.17. The van der Waals surface area contributed by atoms with E-state index < -0.39 is 0 Å². The maximum Gasteiger partial charge on any atom is 0.251 e. The number of hydrogen-bond donors (Lipinski definition) is 2. The SMILES string of the molecule is CCN(C)C(=O)CNC(=O)c1cccc(C#CCN)c1. The summed E-state index contributed by atoms with van der Waals surface area (Å²) >= 11 is 0. The van der Waals surface area contributed by atoms with E-state index in [4.69, 9.17) is 5.73 Å². The lowest BCUT2D eigenvalue weighted by Crippen LogP contribution is -2.37. The van der Waals surface area contributed by atoms with Gasteiger partial charge in [0, 0.05) is 24.7 Å². The van der Waals surface area contributed by atoms with E-state index in [1.165, 1.54) is 0 Å². The van der Waals surface area contributed by atoms with Crippen LogP contribution in [0.5, 0.6) is 0 Å². The van der Waals surface area contributed by atoms with Crippen LogP contribution in [-0.4, -0.2) is 43.4 Å². The standard InChI is InChI=1S/C15H19N3O2/c1-3-18(2)14(19)11-17-15(20)13-8-4-6-12(10-13)7-5-9-16/h4,6,8,10H,3,9,11,16H2,1-2H3,(H,17,20). The van der Waals surface area contributed by atoms with Crippen LogP contribution in [0.25, 0.3) is 0 Å². The second kappa shape index (κ2) is 7.97. The lowest BCUT2D eigenvalue weighted by atomic mass is 10.1. The van der Waals surface area contributed by atoms with Gasteiger partial charge in [0.25, 0.3) is 5.91 Å². The molecule has 0 atom stereocenters. The first-order chi connectivity index (χ1) is 9.58. The molecule has 5 nitrogen and oxygen atoms in total. The van der Waals surface area contributed by atoms with Crippen LogP contribution < -0.4 is 11.1 Å². The maximum atomic E-state index is 11.9. The molecule has 0 saturated heterocycles. The molecule has 20 heavy (non-hydrogen) atoms. The van der Waals surface area contributed by atoms with Crippen LogP contribution in [0.1, 0.15) is 22.8 Å². The fraction of sp³-hybridized carbons (Fsp3) is 0.333. The number of hydrogen-bond acceptors (Lipinski definition) is 3. The molecule has 0 unspecified atom stereocenters. The average Bonchev–Trinajstić information content (AvgIpc) is 2.49. The van der Waals surface area contributed by atoms with Crippen molar-refractivity contribution in [3.8, 4) is 11.8 Å². The van der Waals surface area contributed by atoms with Crippen LogP contribution in [0.15, 0.2) is 24.3 Å². The summed E-state index contributed by atoms with van der Waals surface area (Å²) < 4.78 is 0. The number of carbonyl (C=O) groups is 2. The predicted octanol–water partition coefficient (Wildman–Crippen LogP) is 0.205. The second-order valence-corrected chi connectivity index (χ2v) is 4.18. The van der Waals surface area contributed by atoms with Crippen molar-refractivity contribution in [3.63, 3.8) is 0 Å². The minimum atomic E-state index is -0.292. The van der Waals surface area contributed by atoms with E-state index in [2.05, 4.69) is 17.2 Å². The quantitative estimate of drug-likeness (QED) is 0.770. The van der Waals surface area contributed by atoms with Gasteiger partial charge in [0.2, 0.25) is 5.91 Å². The fourth-order valence-corrected chi connectivity index (χ4v) is 1.46. The van der Waals surface area contributed by atoms with Crippen molar-refractivity contribution in [2.24, 2.45) is 5.73 Å². The smallest absolute Gasteiger partial charge is 0.251 e. The van der Waals surface area contributed by atoms with Crippen molar-refractivity contribution in [3.05, 3.63) is 35.4 Å². The topological polar surface area (TPSA) is 75.4 Å². The molecule has 3 N–H and O–H groups in total. The first kappa shape index (κ1) is 15.7. The number of nitrogens with zero attached hydrogens (tertiary/aromatic N) is 1. The van der Waals surface area contributed by atoms with E-state index in [0.29, 0.717) is 12.1 Å². The summed E-state index contributed by atoms with van der Waals surface area (Å²) in [6, 6.07) is 6.90. The molecule has 1 rings (SSSR count). The third kappa shape index (κ3) is 4.75. The molecule has 1 aromatic rings. The normalized spacial score (nSPS) is 9.35. The number of amides is 2. The number of rotatable bonds is 4. The third-order valence-electron chi connectivity index (χ3n) is 2.76. The molecule has 0 fully saturated rings. The molecule has 0 saturated carbocycles. The van der Waals surface area contributed by atoms with Crippen molar-refractivity contribution in [2.45, 2.75) is 6.92 Å². The molecule has 0 aromatic heterocycles. The van der Waals surface area contributed by atoms with Crippen molar-refractivity contribution in [2.75, 3.05) is 26.7 Å². The summed E-state index contributed by atoms with van der Waals surface area (Å²) in [4.78, 5) is 25.1. The van der Waals surface area contributed by atoms with Crippen molar-refractivity contribution in [1.29, 1.82) is 0 Å². The monoisotopic (exact) mass is 273 g/mol. The largest absolute Gasteiger partial charge is 0.345 e. The molecule has 0 bridgehead atoms. The van der Waals surface area contributed by atoms with Gasteiger partial charge in [0.1, 0.15) is 0 Å². The molecule has 0 aliphatic rings. The van der Waals surface area contributed by atoms with Crippen LogP contribution in [0.3, 0.4) is 0 Å². The molecule has 0 aliphatic carbocycles. The van der Waals surface area contributed by atoms with Crippen molar-refractivity contribution < 1.29 is 9.59 Å². The number of likely N-dealkylation sites (N-methyl/N-ethyl adjacent to an activating group) is 1. The van der Waals surface area contributed by atoms with Crippen molar-refractivity contribution >= 4 is 11.8 Å². The summed E-state index contributed by atoms with van der Waals surface area (Å²) in [6.45, 7) is 2.74. The first-order valence-electron chi connectivity index (χ1n) is 6.39. The van der Waals surface area contributed by atoms with E-state index in [-0.39, 0.29) is 24.9 Å². The molecule has 0 heterocycles. The average molecular weight is 273 g/mol. The molecule has 2 amide bonds. The van der Waals surface area contributed by atoms with Crippen LogP contribution in [-0.2, 0) is 4.79 Å². The van der Waals surface area contributed by atoms with Gasteiger partial charge < -0.3 is 16.0 Å². The summed E-state index contributed by atoms with van der Waals surface area (Å²) in [6.07, 6.45) is 0. The zero-order chi connectivity index (χ0) is 15.0. The number of nitrogens with one attached hydrogen (secondary N) is 1. The van der Waals surface area contributed by atoms with E-state index in [1.54, 1.807) is 36.2 Å². The minimum Gasteiger partial charge on any atom is -0.345 e. The van der Waals surface area contributed by atoms with Gasteiger partial charge in [0.15, 0.2) is 0 Å². The van der Waals surface area contributed by atoms with Gasteiger partial charge in [-0.3, -0.25) is 9.59 Å². The Morgan fingerprint density at radius 3 is 2.80 bits per heavy atom. The lowest BCUT2D eigenvalue weighted by Gasteiger charge is -2.14. The Balaban J connectivity index is 2.66. The maximum absolute atomic E-state index is 11.9. The Hall–Kier alpha value is -2.32. The molecule has 1 aromatic carbocycles. The molecular weight excluding hydrogens is 254 g/mol. The Bertz CT molecular complexity index is 544. The summed E-state index contributed by atoms with van der Waals surface area (Å²) in [5, 5.41) is 2.59. The van der Waals surface area contributed by atoms with Gasteiger partial charge in [0.05, 0.1) is 13.1 Å². The van der Waals surface area contributed by atoms with Crippen LogP contribution in [0.2, 0.25) is 0 Å². The number of nitrogens with two attached hydrogens (primary N) is 1. The van der Waals surface area contributed by atoms with Crippen molar-refractivity contribution in [1.82, 2.24) is 10.2 Å². The van der Waals surface area contributed by atoms with Gasteiger partial charge in [-0.2, -0.15) is 0 Å². The summed E-state index contributed by atoms with van der Waals surface area (Å²) in [7, 11) is 1.69. The van der Waals surface area contributed by atoms with Gasteiger partial charge in [-0.15, -0.1) is 0 Å². The van der Waals surface area contributed by atoms with Gasteiger partial charge in [-0.05, 0) is 25.1 Å². The van der Waals surface area contributed by atoms with Gasteiger partial charge >= 0.3 is 0 Å². The highest BCUT2D eigenvalue weighted by atomic mass is 16.2. The molecule has 106 valence electrons. The minimum absolute atomic E-state index is 0.0120. The number of benzene rings is 1. The molecule has 0 aliphatic heterocycles. The summed E-state index contributed by atoms with van der Waals surface area (Å²) in [5.41, 5.74) is 6.50. The Morgan fingerprint density at radius 1 is 1.40 bits per heavy atom. The zero-order valence-electron chi connectivity index (χ0n) is 11.8. The highest BCUT2D eigenvalue weighted by Crippen LogP contribution is 2.04. The highest BCUT2D eigenvalue weighted by Gasteiger charge is 2.10. The Labute approximate surface area is 119 Å². The predicted molar refractivity (Wildman–Crippen MR) is 78.0 cm³/mol. The molecule has 0 spiro atoms. The fourth-order valence-electron chi connectivity index (χ4n) is 1.46. The van der Waals surface area contributed by atoms with Gasteiger partial charge in [-0.25, -0.2) is 0 Å². The molecule has 5 heteroatoms. The van der Waals surface area contributed by atoms with E-state index in [0.717, 1.165) is 5.56 Å². The third-order valence-corrected chi connectivity index (χ3v) is 2.76. The van der Waals surface area contributed by atoms with Gasteiger partial charge in [-0.1, -0.05) is 17.9 Å².